The number of ether oxygens (including phenoxy) is 1. The van der Waals surface area contributed by atoms with E-state index in [0.29, 0.717) is 12.3 Å². The number of fused-ring (bicyclic) bond motifs is 1. The second kappa shape index (κ2) is 3.77. The summed E-state index contributed by atoms with van der Waals surface area (Å²) in [4.78, 5) is 0. The van der Waals surface area contributed by atoms with Crippen molar-refractivity contribution in [3.8, 4) is 16.9 Å². The molecule has 0 fully saturated rings. The van der Waals surface area contributed by atoms with Crippen molar-refractivity contribution in [3.63, 3.8) is 0 Å². The van der Waals surface area contributed by atoms with E-state index < -0.39 is 0 Å². The Kier molecular flexibility index (Phi) is 2.25. The standard InChI is InChI=1S/C14H12FNO/c15-10-4-5-11(13(16)8-10)12-3-1-2-9-6-7-17-14(9)12/h1-5,8H,6-7,16H2. The van der Waals surface area contributed by atoms with Gasteiger partial charge in [-0.05, 0) is 23.8 Å². The largest absolute Gasteiger partial charge is 0.492 e. The van der Waals surface area contributed by atoms with Crippen LogP contribution in [0.5, 0.6) is 5.75 Å². The van der Waals surface area contributed by atoms with Gasteiger partial charge in [0.2, 0.25) is 0 Å². The molecular weight excluding hydrogens is 217 g/mol. The zero-order valence-electron chi connectivity index (χ0n) is 9.24. The van der Waals surface area contributed by atoms with E-state index in [1.807, 2.05) is 18.2 Å². The minimum atomic E-state index is -0.320. The molecule has 0 saturated heterocycles. The fourth-order valence-electron chi connectivity index (χ4n) is 2.21. The molecule has 0 radical (unpaired) electrons. The summed E-state index contributed by atoms with van der Waals surface area (Å²) in [5.41, 5.74) is 9.24. The molecule has 2 aromatic rings. The molecule has 2 nitrogen and oxygen atoms in total. The van der Waals surface area contributed by atoms with Crippen LogP contribution in [-0.2, 0) is 6.42 Å². The van der Waals surface area contributed by atoms with E-state index >= 15 is 0 Å². The highest BCUT2D eigenvalue weighted by Gasteiger charge is 2.18. The van der Waals surface area contributed by atoms with Gasteiger partial charge < -0.3 is 10.5 Å². The monoisotopic (exact) mass is 229 g/mol. The summed E-state index contributed by atoms with van der Waals surface area (Å²) >= 11 is 0. The summed E-state index contributed by atoms with van der Waals surface area (Å²) in [5, 5.41) is 0. The summed E-state index contributed by atoms with van der Waals surface area (Å²) in [6.07, 6.45) is 0.921. The van der Waals surface area contributed by atoms with Crippen LogP contribution in [0.4, 0.5) is 10.1 Å². The Morgan fingerprint density at radius 2 is 2.00 bits per heavy atom. The lowest BCUT2D eigenvalue weighted by Gasteiger charge is -2.10. The molecule has 0 aromatic heterocycles. The summed E-state index contributed by atoms with van der Waals surface area (Å²) in [7, 11) is 0. The van der Waals surface area contributed by atoms with Crippen LogP contribution in [0.2, 0.25) is 0 Å². The van der Waals surface area contributed by atoms with Gasteiger partial charge in [0.15, 0.2) is 0 Å². The van der Waals surface area contributed by atoms with Crippen molar-refractivity contribution in [2.24, 2.45) is 0 Å². The van der Waals surface area contributed by atoms with Gasteiger partial charge in [0.05, 0.1) is 6.61 Å². The lowest BCUT2D eigenvalue weighted by Crippen LogP contribution is -1.93. The number of benzene rings is 2. The van der Waals surface area contributed by atoms with Crippen LogP contribution in [0.15, 0.2) is 36.4 Å². The lowest BCUT2D eigenvalue weighted by molar-refractivity contribution is 0.358. The first-order valence-electron chi connectivity index (χ1n) is 5.56. The van der Waals surface area contributed by atoms with Crippen molar-refractivity contribution in [2.45, 2.75) is 6.42 Å². The minimum Gasteiger partial charge on any atom is -0.492 e. The van der Waals surface area contributed by atoms with Crippen LogP contribution < -0.4 is 10.5 Å². The third-order valence-corrected chi connectivity index (χ3v) is 3.02. The fourth-order valence-corrected chi connectivity index (χ4v) is 2.21. The van der Waals surface area contributed by atoms with Gasteiger partial charge >= 0.3 is 0 Å². The van der Waals surface area contributed by atoms with Crippen LogP contribution in [-0.4, -0.2) is 6.61 Å². The van der Waals surface area contributed by atoms with Gasteiger partial charge in [-0.2, -0.15) is 0 Å². The van der Waals surface area contributed by atoms with E-state index in [1.165, 1.54) is 17.7 Å². The van der Waals surface area contributed by atoms with Gasteiger partial charge in [-0.25, -0.2) is 4.39 Å². The molecule has 2 aromatic carbocycles. The molecule has 3 heteroatoms. The molecule has 1 aliphatic rings. The maximum atomic E-state index is 13.0. The summed E-state index contributed by atoms with van der Waals surface area (Å²) in [5.74, 6) is 0.561. The maximum Gasteiger partial charge on any atom is 0.130 e. The third kappa shape index (κ3) is 1.64. The Balaban J connectivity index is 2.19. The number of nitrogens with two attached hydrogens (primary N) is 1. The van der Waals surface area contributed by atoms with E-state index in [1.54, 1.807) is 6.07 Å². The number of halogens is 1. The van der Waals surface area contributed by atoms with E-state index in [2.05, 4.69) is 0 Å². The van der Waals surface area contributed by atoms with Gasteiger partial charge in [0.1, 0.15) is 11.6 Å². The molecule has 0 saturated carbocycles. The molecule has 2 N–H and O–H groups in total. The van der Waals surface area contributed by atoms with Crippen LogP contribution in [0, 0.1) is 5.82 Å². The molecule has 0 bridgehead atoms. The van der Waals surface area contributed by atoms with Gasteiger partial charge in [-0.3, -0.25) is 0 Å². The Labute approximate surface area is 98.8 Å². The Hall–Kier alpha value is -2.03. The van der Waals surface area contributed by atoms with Crippen LogP contribution >= 0.6 is 0 Å². The molecular formula is C14H12FNO. The fraction of sp³-hybridized carbons (Fsp3) is 0.143. The molecule has 0 amide bonds. The number of hydrogen-bond acceptors (Lipinski definition) is 2. The van der Waals surface area contributed by atoms with E-state index in [9.17, 15) is 4.39 Å². The third-order valence-electron chi connectivity index (χ3n) is 3.02. The average molecular weight is 229 g/mol. The average Bonchev–Trinajstić information content (AvgIpc) is 2.77. The molecule has 1 heterocycles. The van der Waals surface area contributed by atoms with Crippen molar-refractivity contribution >= 4 is 5.69 Å². The van der Waals surface area contributed by atoms with Gasteiger partial charge in [0, 0.05) is 23.2 Å². The van der Waals surface area contributed by atoms with E-state index in [4.69, 9.17) is 10.5 Å². The van der Waals surface area contributed by atoms with Gasteiger partial charge in [-0.15, -0.1) is 0 Å². The number of rotatable bonds is 1. The quantitative estimate of drug-likeness (QED) is 0.763. The van der Waals surface area contributed by atoms with E-state index in [0.717, 1.165) is 23.3 Å². The lowest BCUT2D eigenvalue weighted by atomic mass is 10.00. The zero-order chi connectivity index (χ0) is 11.8. The molecule has 17 heavy (non-hydrogen) atoms. The summed E-state index contributed by atoms with van der Waals surface area (Å²) in [6.45, 7) is 0.702. The van der Waals surface area contributed by atoms with Gasteiger partial charge in [-0.1, -0.05) is 18.2 Å². The molecule has 0 spiro atoms. The Morgan fingerprint density at radius 3 is 2.82 bits per heavy atom. The highest BCUT2D eigenvalue weighted by molar-refractivity contribution is 5.81. The summed E-state index contributed by atoms with van der Waals surface area (Å²) < 4.78 is 18.6. The van der Waals surface area contributed by atoms with Crippen molar-refractivity contribution in [2.75, 3.05) is 12.3 Å². The maximum absolute atomic E-state index is 13.0. The zero-order valence-corrected chi connectivity index (χ0v) is 9.24. The smallest absolute Gasteiger partial charge is 0.130 e. The normalized spacial score (nSPS) is 13.2. The SMILES string of the molecule is Nc1cc(F)ccc1-c1cccc2c1OCC2. The molecule has 0 aliphatic carbocycles. The van der Waals surface area contributed by atoms with Crippen LogP contribution in [0.1, 0.15) is 5.56 Å². The first-order valence-corrected chi connectivity index (χ1v) is 5.56. The molecule has 1 aliphatic heterocycles. The van der Waals surface area contributed by atoms with Gasteiger partial charge in [0.25, 0.3) is 0 Å². The Morgan fingerprint density at radius 1 is 1.12 bits per heavy atom. The van der Waals surface area contributed by atoms with E-state index in [-0.39, 0.29) is 5.82 Å². The predicted molar refractivity (Wildman–Crippen MR) is 65.4 cm³/mol. The van der Waals surface area contributed by atoms with Crippen molar-refractivity contribution in [1.29, 1.82) is 0 Å². The molecule has 3 rings (SSSR count). The van der Waals surface area contributed by atoms with Crippen molar-refractivity contribution < 1.29 is 9.13 Å². The first-order chi connectivity index (χ1) is 8.25. The highest BCUT2D eigenvalue weighted by atomic mass is 19.1. The van der Waals surface area contributed by atoms with Crippen molar-refractivity contribution in [3.05, 3.63) is 47.8 Å². The minimum absolute atomic E-state index is 0.320. The predicted octanol–water partition coefficient (Wildman–Crippen LogP) is 3.01. The van der Waals surface area contributed by atoms with Crippen molar-refractivity contribution in [1.82, 2.24) is 0 Å². The summed E-state index contributed by atoms with van der Waals surface area (Å²) in [6, 6.07) is 10.4. The van der Waals surface area contributed by atoms with Crippen LogP contribution in [0.3, 0.4) is 0 Å². The highest BCUT2D eigenvalue weighted by Crippen LogP contribution is 2.39. The number of nitrogen functional groups attached to an aromatic ring is 1. The molecule has 0 atom stereocenters. The second-order valence-corrected chi connectivity index (χ2v) is 4.12. The molecule has 86 valence electrons. The molecule has 0 unspecified atom stereocenters. The number of hydrogen-bond donors (Lipinski definition) is 1. The topological polar surface area (TPSA) is 35.2 Å². The second-order valence-electron chi connectivity index (χ2n) is 4.12. The Bertz CT molecular complexity index is 580. The van der Waals surface area contributed by atoms with Crippen LogP contribution in [0.25, 0.3) is 11.1 Å². The first kappa shape index (κ1) is 10.1. The number of anilines is 1. The number of para-hydroxylation sites is 1.